The Bertz CT molecular complexity index is 1340. The molecule has 4 rings (SSSR count). The minimum atomic E-state index is -0.367. The Hall–Kier alpha value is -2.99. The van der Waals surface area contributed by atoms with Gasteiger partial charge in [0.25, 0.3) is 5.56 Å². The average Bonchev–Trinajstić information content (AvgIpc) is 3.14. The lowest BCUT2D eigenvalue weighted by atomic mass is 10.0. The molecule has 0 saturated heterocycles. The van der Waals surface area contributed by atoms with Crippen molar-refractivity contribution in [3.05, 3.63) is 79.8 Å². The zero-order valence-electron chi connectivity index (χ0n) is 15.9. The van der Waals surface area contributed by atoms with Crippen LogP contribution >= 0.6 is 11.3 Å². The Labute approximate surface area is 165 Å². The number of carbonyl (C=O) groups is 1. The number of nitrogens with zero attached hydrogens (tertiary/aromatic N) is 2. The zero-order chi connectivity index (χ0) is 20.0. The molecule has 0 amide bonds. The number of benzene rings is 2. The molecule has 0 saturated carbocycles. The molecule has 2 heterocycles. The van der Waals surface area contributed by atoms with Crippen molar-refractivity contribution in [2.75, 3.05) is 0 Å². The fourth-order valence-electron chi connectivity index (χ4n) is 3.46. The van der Waals surface area contributed by atoms with Crippen LogP contribution in [0.5, 0.6) is 0 Å². The van der Waals surface area contributed by atoms with Gasteiger partial charge in [-0.1, -0.05) is 56.3 Å². The van der Waals surface area contributed by atoms with Crippen LogP contribution in [0.1, 0.15) is 29.1 Å². The fraction of sp³-hybridized carbons (Fsp3) is 0.227. The van der Waals surface area contributed by atoms with Crippen molar-refractivity contribution in [1.29, 1.82) is 0 Å². The highest BCUT2D eigenvalue weighted by atomic mass is 32.1. The van der Waals surface area contributed by atoms with E-state index >= 15 is 0 Å². The molecule has 4 aromatic rings. The second-order valence-corrected chi connectivity index (χ2v) is 8.37. The summed E-state index contributed by atoms with van der Waals surface area (Å²) in [5, 5.41) is 2.28. The molecule has 0 fully saturated rings. The maximum atomic E-state index is 13.3. The van der Waals surface area contributed by atoms with E-state index in [0.717, 1.165) is 15.3 Å². The van der Waals surface area contributed by atoms with Crippen LogP contribution in [0.15, 0.2) is 58.1 Å². The van der Waals surface area contributed by atoms with E-state index in [1.807, 2.05) is 50.2 Å². The number of aromatic nitrogens is 2. The average molecular weight is 392 g/mol. The van der Waals surface area contributed by atoms with Crippen LogP contribution in [0.4, 0.5) is 0 Å². The van der Waals surface area contributed by atoms with Crippen LogP contribution in [0.25, 0.3) is 21.0 Å². The van der Waals surface area contributed by atoms with Gasteiger partial charge >= 0.3 is 5.69 Å². The molecule has 2 aromatic heterocycles. The normalized spacial score (nSPS) is 11.6. The second kappa shape index (κ2) is 6.87. The summed E-state index contributed by atoms with van der Waals surface area (Å²) in [5.41, 5.74) is -0.121. The van der Waals surface area contributed by atoms with Gasteiger partial charge in [-0.05, 0) is 22.8 Å². The van der Waals surface area contributed by atoms with E-state index in [-0.39, 0.29) is 23.0 Å². The fourth-order valence-corrected chi connectivity index (χ4v) is 4.57. The third-order valence-corrected chi connectivity index (χ3v) is 5.97. The third-order valence-electron chi connectivity index (χ3n) is 4.82. The third kappa shape index (κ3) is 2.90. The first-order valence-electron chi connectivity index (χ1n) is 9.14. The Balaban J connectivity index is 1.95. The van der Waals surface area contributed by atoms with Crippen molar-refractivity contribution >= 4 is 38.1 Å². The molecule has 0 aliphatic heterocycles. The predicted molar refractivity (Wildman–Crippen MR) is 114 cm³/mol. The molecule has 0 aliphatic rings. The quantitative estimate of drug-likeness (QED) is 0.496. The number of carbonyl (C=O) groups excluding carboxylic acids is 1. The molecule has 0 spiro atoms. The minimum absolute atomic E-state index is 0.136. The summed E-state index contributed by atoms with van der Waals surface area (Å²) in [7, 11) is 1.48. The lowest BCUT2D eigenvalue weighted by molar-refractivity contribution is 0.104. The summed E-state index contributed by atoms with van der Waals surface area (Å²) < 4.78 is 2.72. The molecule has 28 heavy (non-hydrogen) atoms. The van der Waals surface area contributed by atoms with Crippen molar-refractivity contribution in [2.24, 2.45) is 13.0 Å². The van der Waals surface area contributed by atoms with E-state index in [0.29, 0.717) is 27.2 Å². The lowest BCUT2D eigenvalue weighted by Crippen LogP contribution is -2.38. The Kier molecular flexibility index (Phi) is 4.51. The Morgan fingerprint density at radius 3 is 2.50 bits per heavy atom. The molecular weight excluding hydrogens is 372 g/mol. The molecule has 142 valence electrons. The van der Waals surface area contributed by atoms with Crippen molar-refractivity contribution in [3.63, 3.8) is 0 Å². The summed E-state index contributed by atoms with van der Waals surface area (Å²) in [6.07, 6.45) is 0. The lowest BCUT2D eigenvalue weighted by Gasteiger charge is -2.11. The van der Waals surface area contributed by atoms with Crippen molar-refractivity contribution < 1.29 is 4.79 Å². The van der Waals surface area contributed by atoms with Crippen molar-refractivity contribution in [3.8, 4) is 0 Å². The number of ketones is 1. The molecule has 6 heteroatoms. The highest BCUT2D eigenvalue weighted by Crippen LogP contribution is 2.28. The van der Waals surface area contributed by atoms with E-state index < -0.39 is 0 Å². The molecular formula is C22H20N2O3S. The highest BCUT2D eigenvalue weighted by molar-refractivity contribution is 7.20. The topological polar surface area (TPSA) is 61.1 Å². The second-order valence-electron chi connectivity index (χ2n) is 7.34. The molecule has 0 aliphatic carbocycles. The van der Waals surface area contributed by atoms with Gasteiger partial charge in [-0.3, -0.25) is 18.7 Å². The van der Waals surface area contributed by atoms with Crippen LogP contribution < -0.4 is 11.2 Å². The number of fused-ring (bicyclic) bond motifs is 2. The van der Waals surface area contributed by atoms with Gasteiger partial charge in [-0.25, -0.2) is 4.79 Å². The van der Waals surface area contributed by atoms with E-state index in [2.05, 4.69) is 0 Å². The molecule has 0 atom stereocenters. The van der Waals surface area contributed by atoms with Crippen LogP contribution in [0, 0.1) is 5.92 Å². The Morgan fingerprint density at radius 2 is 1.75 bits per heavy atom. The number of hydrogen-bond acceptors (Lipinski definition) is 4. The summed E-state index contributed by atoms with van der Waals surface area (Å²) in [4.78, 5) is 39.5. The van der Waals surface area contributed by atoms with Gasteiger partial charge in [0, 0.05) is 19.2 Å². The van der Waals surface area contributed by atoms with Crippen LogP contribution in [-0.2, 0) is 13.6 Å². The summed E-state index contributed by atoms with van der Waals surface area (Å²) in [6, 6.07) is 15.0. The van der Waals surface area contributed by atoms with Crippen LogP contribution in [0.2, 0.25) is 0 Å². The SMILES string of the molecule is CC(C)Cn1c(=O)n(C)c(=O)c2cc(C(=O)c3cccc4ccccc34)sc21. The molecule has 2 aromatic carbocycles. The van der Waals surface area contributed by atoms with Gasteiger partial charge in [0.1, 0.15) is 4.83 Å². The van der Waals surface area contributed by atoms with E-state index in [1.54, 1.807) is 16.7 Å². The summed E-state index contributed by atoms with van der Waals surface area (Å²) in [6.45, 7) is 4.52. The molecule has 0 N–H and O–H groups in total. The first kappa shape index (κ1) is 18.4. The largest absolute Gasteiger partial charge is 0.331 e. The van der Waals surface area contributed by atoms with Crippen molar-refractivity contribution in [2.45, 2.75) is 20.4 Å². The maximum absolute atomic E-state index is 13.3. The standard InChI is InChI=1S/C22H20N2O3S/c1-13(2)12-24-21-17(20(26)23(3)22(24)27)11-18(28-21)19(25)16-10-6-8-14-7-4-5-9-15(14)16/h4-11,13H,12H2,1-3H3. The van der Waals surface area contributed by atoms with Gasteiger partial charge in [0.2, 0.25) is 5.78 Å². The monoisotopic (exact) mass is 392 g/mol. The van der Waals surface area contributed by atoms with Crippen molar-refractivity contribution in [1.82, 2.24) is 9.13 Å². The van der Waals surface area contributed by atoms with E-state index in [1.165, 1.54) is 18.4 Å². The number of rotatable bonds is 4. The number of hydrogen-bond donors (Lipinski definition) is 0. The number of thiophene rings is 1. The molecule has 0 radical (unpaired) electrons. The first-order chi connectivity index (χ1) is 13.4. The Morgan fingerprint density at radius 1 is 1.04 bits per heavy atom. The summed E-state index contributed by atoms with van der Waals surface area (Å²) in [5.74, 6) is 0.0984. The van der Waals surface area contributed by atoms with Gasteiger partial charge in [0.15, 0.2) is 0 Å². The van der Waals surface area contributed by atoms with E-state index in [4.69, 9.17) is 0 Å². The minimum Gasteiger partial charge on any atom is -0.288 e. The van der Waals surface area contributed by atoms with Gasteiger partial charge in [-0.2, -0.15) is 0 Å². The maximum Gasteiger partial charge on any atom is 0.331 e. The molecule has 5 nitrogen and oxygen atoms in total. The van der Waals surface area contributed by atoms with Gasteiger partial charge < -0.3 is 0 Å². The molecule has 0 bridgehead atoms. The summed E-state index contributed by atoms with van der Waals surface area (Å²) >= 11 is 1.21. The predicted octanol–water partition coefficient (Wildman–Crippen LogP) is 3.80. The van der Waals surface area contributed by atoms with Crippen LogP contribution in [0.3, 0.4) is 0 Å². The van der Waals surface area contributed by atoms with Gasteiger partial charge in [-0.15, -0.1) is 11.3 Å². The molecule has 0 unspecified atom stereocenters. The first-order valence-corrected chi connectivity index (χ1v) is 9.96. The van der Waals surface area contributed by atoms with E-state index in [9.17, 15) is 14.4 Å². The van der Waals surface area contributed by atoms with Crippen LogP contribution in [-0.4, -0.2) is 14.9 Å². The zero-order valence-corrected chi connectivity index (χ0v) is 16.7. The highest BCUT2D eigenvalue weighted by Gasteiger charge is 2.20. The van der Waals surface area contributed by atoms with Gasteiger partial charge in [0.05, 0.1) is 10.3 Å². The smallest absolute Gasteiger partial charge is 0.288 e.